The molecule has 1 unspecified atom stereocenters. The summed E-state index contributed by atoms with van der Waals surface area (Å²) in [6.07, 6.45) is -3.15. The smallest absolute Gasteiger partial charge is 0.350 e. The highest BCUT2D eigenvalue weighted by Gasteiger charge is 2.42. The molecule has 0 aromatic carbocycles. The number of amides is 1. The molecule has 4 N–H and O–H groups in total. The quantitative estimate of drug-likeness (QED) is 0.606. The van der Waals surface area contributed by atoms with Crippen LogP contribution in [0.15, 0.2) is 0 Å². The van der Waals surface area contributed by atoms with E-state index in [-0.39, 0.29) is 6.04 Å². The molecule has 0 radical (unpaired) electrons. The molecule has 1 aliphatic heterocycles. The molecule has 1 heterocycles. The van der Waals surface area contributed by atoms with Gasteiger partial charge in [0, 0.05) is 12.6 Å². The molecule has 4 nitrogen and oxygen atoms in total. The number of hydrogen-bond acceptors (Lipinski definition) is 3. The maximum absolute atomic E-state index is 12.1. The fourth-order valence-electron chi connectivity index (χ4n) is 1.41. The van der Waals surface area contributed by atoms with Crippen molar-refractivity contribution in [3.63, 3.8) is 0 Å². The number of piperidine rings is 1. The third-order valence-corrected chi connectivity index (χ3v) is 2.28. The molecule has 1 amide bonds. The van der Waals surface area contributed by atoms with E-state index in [1.165, 1.54) is 0 Å². The fourth-order valence-corrected chi connectivity index (χ4v) is 1.41. The topological polar surface area (TPSA) is 67.2 Å². The van der Waals surface area contributed by atoms with Gasteiger partial charge in [0.25, 0.3) is 0 Å². The van der Waals surface area contributed by atoms with Crippen LogP contribution in [0.3, 0.4) is 0 Å². The fraction of sp³-hybridized carbons (Fsp3) is 0.875. The zero-order chi connectivity index (χ0) is 11.5. The van der Waals surface area contributed by atoms with Gasteiger partial charge in [-0.2, -0.15) is 13.2 Å². The molecular formula is C8H14F3N3O. The second kappa shape index (κ2) is 4.80. The Balaban J connectivity index is 2.40. The highest BCUT2D eigenvalue weighted by molar-refractivity contribution is 5.82. The maximum Gasteiger partial charge on any atom is 0.412 e. The molecule has 88 valence electrons. The van der Waals surface area contributed by atoms with Crippen molar-refractivity contribution < 1.29 is 18.0 Å². The van der Waals surface area contributed by atoms with Crippen LogP contribution in [0.4, 0.5) is 13.2 Å². The summed E-state index contributed by atoms with van der Waals surface area (Å²) in [5.41, 5.74) is 4.75. The van der Waals surface area contributed by atoms with Crippen molar-refractivity contribution in [2.45, 2.75) is 31.1 Å². The second-order valence-corrected chi connectivity index (χ2v) is 3.57. The standard InChI is InChI=1S/C8H14F3N3O/c9-8(10,11)6(12)7(15)14-5-2-1-3-13-4-5/h5-6,13H,1-4,12H2,(H,14,15)/t5-,6?/m0/s1. The van der Waals surface area contributed by atoms with Crippen LogP contribution in [-0.4, -0.2) is 37.3 Å². The number of rotatable bonds is 2. The molecule has 0 aliphatic carbocycles. The normalized spacial score (nSPS) is 24.7. The molecule has 2 atom stereocenters. The van der Waals surface area contributed by atoms with Crippen molar-refractivity contribution in [3.05, 3.63) is 0 Å². The summed E-state index contributed by atoms with van der Waals surface area (Å²) in [7, 11) is 0. The molecule has 1 fully saturated rings. The minimum atomic E-state index is -4.67. The van der Waals surface area contributed by atoms with Crippen molar-refractivity contribution in [2.75, 3.05) is 13.1 Å². The number of hydrogen-bond donors (Lipinski definition) is 3. The van der Waals surface area contributed by atoms with Gasteiger partial charge in [-0.15, -0.1) is 0 Å². The van der Waals surface area contributed by atoms with Crippen LogP contribution in [0.25, 0.3) is 0 Å². The Morgan fingerprint density at radius 1 is 1.53 bits per heavy atom. The summed E-state index contributed by atoms with van der Waals surface area (Å²) in [5.74, 6) is -1.16. The third-order valence-electron chi connectivity index (χ3n) is 2.28. The van der Waals surface area contributed by atoms with Gasteiger partial charge in [0.05, 0.1) is 0 Å². The van der Waals surface area contributed by atoms with Crippen molar-refractivity contribution in [1.29, 1.82) is 0 Å². The molecule has 0 saturated carbocycles. The van der Waals surface area contributed by atoms with Gasteiger partial charge in [-0.25, -0.2) is 0 Å². The first-order valence-electron chi connectivity index (χ1n) is 4.74. The van der Waals surface area contributed by atoms with Crippen molar-refractivity contribution in [2.24, 2.45) is 5.73 Å². The van der Waals surface area contributed by atoms with E-state index < -0.39 is 18.1 Å². The summed E-state index contributed by atoms with van der Waals surface area (Å²) in [5, 5.41) is 5.26. The number of nitrogens with two attached hydrogens (primary N) is 1. The lowest BCUT2D eigenvalue weighted by Crippen LogP contribution is -2.55. The molecule has 1 rings (SSSR count). The number of carbonyl (C=O) groups excluding carboxylic acids is 1. The van der Waals surface area contributed by atoms with E-state index >= 15 is 0 Å². The van der Waals surface area contributed by atoms with Gasteiger partial charge in [-0.05, 0) is 19.4 Å². The minimum Gasteiger partial charge on any atom is -0.350 e. The average Bonchev–Trinajstić information content (AvgIpc) is 2.16. The summed E-state index contributed by atoms with van der Waals surface area (Å²) < 4.78 is 36.2. The van der Waals surface area contributed by atoms with Gasteiger partial charge >= 0.3 is 6.18 Å². The van der Waals surface area contributed by atoms with Crippen LogP contribution < -0.4 is 16.4 Å². The van der Waals surface area contributed by atoms with E-state index in [0.29, 0.717) is 13.0 Å². The van der Waals surface area contributed by atoms with E-state index in [0.717, 1.165) is 13.0 Å². The molecule has 0 aromatic heterocycles. The first kappa shape index (κ1) is 12.3. The SMILES string of the molecule is NC(C(=O)N[C@H]1CCCNC1)C(F)(F)F. The molecule has 7 heteroatoms. The number of alkyl halides is 3. The Hall–Kier alpha value is -0.820. The Kier molecular flexibility index (Phi) is 3.92. The van der Waals surface area contributed by atoms with Crippen molar-refractivity contribution >= 4 is 5.91 Å². The lowest BCUT2D eigenvalue weighted by molar-refractivity contribution is -0.163. The lowest BCUT2D eigenvalue weighted by atomic mass is 10.1. The highest BCUT2D eigenvalue weighted by Crippen LogP contribution is 2.18. The van der Waals surface area contributed by atoms with Crippen LogP contribution in [0.5, 0.6) is 0 Å². The second-order valence-electron chi connectivity index (χ2n) is 3.57. The maximum atomic E-state index is 12.1. The van der Waals surface area contributed by atoms with Gasteiger partial charge in [-0.1, -0.05) is 0 Å². The number of nitrogens with one attached hydrogen (secondary N) is 2. The van der Waals surface area contributed by atoms with E-state index in [4.69, 9.17) is 5.73 Å². The largest absolute Gasteiger partial charge is 0.412 e. The molecule has 0 aromatic rings. The number of halogens is 3. The van der Waals surface area contributed by atoms with E-state index in [2.05, 4.69) is 10.6 Å². The highest BCUT2D eigenvalue weighted by atomic mass is 19.4. The first-order chi connectivity index (χ1) is 6.91. The Bertz CT molecular complexity index is 226. The van der Waals surface area contributed by atoms with Crippen molar-refractivity contribution in [3.8, 4) is 0 Å². The number of carbonyl (C=O) groups is 1. The third kappa shape index (κ3) is 3.67. The van der Waals surface area contributed by atoms with Gasteiger partial charge in [0.15, 0.2) is 6.04 Å². The van der Waals surface area contributed by atoms with E-state index in [1.54, 1.807) is 0 Å². The van der Waals surface area contributed by atoms with Gasteiger partial charge < -0.3 is 16.4 Å². The minimum absolute atomic E-state index is 0.250. The van der Waals surface area contributed by atoms with Crippen molar-refractivity contribution in [1.82, 2.24) is 10.6 Å². The van der Waals surface area contributed by atoms with Crippen LogP contribution >= 0.6 is 0 Å². The molecule has 0 bridgehead atoms. The zero-order valence-electron chi connectivity index (χ0n) is 8.10. The molecule has 15 heavy (non-hydrogen) atoms. The zero-order valence-corrected chi connectivity index (χ0v) is 8.10. The monoisotopic (exact) mass is 225 g/mol. The summed E-state index contributed by atoms with van der Waals surface area (Å²) in [6, 6.07) is -2.68. The predicted molar refractivity (Wildman–Crippen MR) is 48.1 cm³/mol. The van der Waals surface area contributed by atoms with Gasteiger partial charge in [-0.3, -0.25) is 4.79 Å². The molecule has 1 saturated heterocycles. The lowest BCUT2D eigenvalue weighted by Gasteiger charge is -2.25. The summed E-state index contributed by atoms with van der Waals surface area (Å²) in [4.78, 5) is 11.1. The molecular weight excluding hydrogens is 211 g/mol. The van der Waals surface area contributed by atoms with E-state index in [9.17, 15) is 18.0 Å². The molecule has 0 spiro atoms. The Labute approximate surface area is 85.4 Å². The van der Waals surface area contributed by atoms with Crippen LogP contribution in [-0.2, 0) is 4.79 Å². The Morgan fingerprint density at radius 3 is 2.67 bits per heavy atom. The predicted octanol–water partition coefficient (Wildman–Crippen LogP) is -0.256. The van der Waals surface area contributed by atoms with Crippen LogP contribution in [0, 0.1) is 0 Å². The van der Waals surface area contributed by atoms with Gasteiger partial charge in [0.1, 0.15) is 0 Å². The summed E-state index contributed by atoms with van der Waals surface area (Å²) in [6.45, 7) is 1.33. The van der Waals surface area contributed by atoms with Crippen LogP contribution in [0.2, 0.25) is 0 Å². The first-order valence-corrected chi connectivity index (χ1v) is 4.74. The Morgan fingerprint density at radius 2 is 2.20 bits per heavy atom. The average molecular weight is 225 g/mol. The molecule has 1 aliphatic rings. The van der Waals surface area contributed by atoms with E-state index in [1.807, 2.05) is 0 Å². The van der Waals surface area contributed by atoms with Crippen LogP contribution in [0.1, 0.15) is 12.8 Å². The summed E-state index contributed by atoms with van der Waals surface area (Å²) >= 11 is 0. The van der Waals surface area contributed by atoms with Gasteiger partial charge in [0.2, 0.25) is 5.91 Å².